The average molecular weight is 321 g/mol. The second-order valence-electron chi connectivity index (χ2n) is 1.85. The van der Waals surface area contributed by atoms with E-state index >= 15 is 0 Å². The maximum atomic E-state index is 10.3. The van der Waals surface area contributed by atoms with Gasteiger partial charge >= 0.3 is 75.8 Å². The summed E-state index contributed by atoms with van der Waals surface area (Å²) >= 11 is 0. The molecule has 0 aromatic heterocycles. The zero-order chi connectivity index (χ0) is 9.02. The first-order chi connectivity index (χ1) is 4.95. The van der Waals surface area contributed by atoms with E-state index in [9.17, 15) is 30.0 Å². The van der Waals surface area contributed by atoms with Gasteiger partial charge in [-0.05, 0) is 6.42 Å². The molecule has 0 spiro atoms. The van der Waals surface area contributed by atoms with Crippen molar-refractivity contribution in [2.45, 2.75) is 18.6 Å². The number of carboxylic acids is 2. The summed E-state index contributed by atoms with van der Waals surface area (Å²) in [6, 6.07) is 0. The Labute approximate surface area is 134 Å². The summed E-state index contributed by atoms with van der Waals surface area (Å²) < 4.78 is 0. The van der Waals surface area contributed by atoms with Crippen LogP contribution in [0.1, 0.15) is 6.42 Å². The van der Waals surface area contributed by atoms with E-state index in [1.807, 2.05) is 0 Å². The average Bonchev–Trinajstić information content (AvgIpc) is 1.84. The first kappa shape index (κ1) is 19.8. The van der Waals surface area contributed by atoms with Crippen LogP contribution in [0.2, 0.25) is 0 Å². The molecule has 0 aromatic rings. The van der Waals surface area contributed by atoms with E-state index in [0.717, 1.165) is 0 Å². The van der Waals surface area contributed by atoms with Crippen LogP contribution in [0.5, 0.6) is 0 Å². The van der Waals surface area contributed by atoms with Gasteiger partial charge in [-0.1, -0.05) is 6.10 Å². The van der Waals surface area contributed by atoms with Gasteiger partial charge in [-0.25, -0.2) is 0 Å². The van der Waals surface area contributed by atoms with Crippen LogP contribution in [0.4, 0.5) is 0 Å². The van der Waals surface area contributed by atoms with Crippen molar-refractivity contribution in [3.05, 3.63) is 0 Å². The molecule has 0 amide bonds. The Balaban J connectivity index is -0.000000500. The molecule has 0 aliphatic carbocycles. The van der Waals surface area contributed by atoms with Gasteiger partial charge in [0.1, 0.15) is 0 Å². The minimum absolute atomic E-state index is 0. The predicted octanol–water partition coefficient (Wildman–Crippen LogP) is -9.04. The monoisotopic (exact) mass is 320 g/mol. The molecule has 2 unspecified atom stereocenters. The van der Waals surface area contributed by atoms with Gasteiger partial charge in [0.15, 0.2) is 0 Å². The molecule has 6 nitrogen and oxygen atoms in total. The minimum atomic E-state index is -2.55. The van der Waals surface area contributed by atoms with Crippen LogP contribution in [0.15, 0.2) is 0 Å². The number of hydrogen-bond donors (Lipinski definition) is 0. The molecular weight excluding hydrogens is 317 g/mol. The number of rotatable bonds is 4. The quantitative estimate of drug-likeness (QED) is 0.473. The van der Waals surface area contributed by atoms with Crippen molar-refractivity contribution in [2.24, 2.45) is 0 Å². The fraction of sp³-hybridized carbons (Fsp3) is 0.600. The van der Waals surface area contributed by atoms with E-state index in [1.54, 1.807) is 0 Å². The van der Waals surface area contributed by atoms with Crippen LogP contribution < -0.4 is 71.8 Å². The molecule has 8 heteroatoms. The molecule has 0 N–H and O–H groups in total. The number of carbonyl (C=O) groups is 2. The largest absolute Gasteiger partial charge is 3.00 e. The third-order valence-electron chi connectivity index (χ3n) is 0.938. The fourth-order valence-electron chi connectivity index (χ4n) is 0.423. The Morgan fingerprint density at radius 2 is 1.54 bits per heavy atom. The van der Waals surface area contributed by atoms with Gasteiger partial charge in [0, 0.05) is 11.9 Å². The van der Waals surface area contributed by atoms with Crippen LogP contribution in [0.25, 0.3) is 0 Å². The Bertz CT molecular complexity index is 174. The van der Waals surface area contributed by atoms with Crippen LogP contribution in [0, 0.1) is 0 Å². The number of aliphatic carboxylic acids is 2. The summed E-state index contributed by atoms with van der Waals surface area (Å²) in [4.78, 5) is 19.4. The normalized spacial score (nSPS) is 13.1. The minimum Gasteiger partial charge on any atom is -0.852 e. The molecule has 0 aliphatic heterocycles. The summed E-state index contributed by atoms with van der Waals surface area (Å²) in [7, 11) is 0. The zero-order valence-corrected chi connectivity index (χ0v) is 12.4. The van der Waals surface area contributed by atoms with Crippen molar-refractivity contribution in [1.82, 2.24) is 0 Å². The molecule has 0 aromatic carbocycles. The van der Waals surface area contributed by atoms with Gasteiger partial charge < -0.3 is 30.0 Å². The molecule has 66 valence electrons. The van der Waals surface area contributed by atoms with Crippen LogP contribution in [0.3, 0.4) is 0 Å². The number of carboxylic acid groups (broad SMARTS) is 2. The summed E-state index contributed by atoms with van der Waals surface area (Å²) in [6.45, 7) is 0. The predicted molar refractivity (Wildman–Crippen MR) is 28.0 cm³/mol. The van der Waals surface area contributed by atoms with Gasteiger partial charge in [-0.3, -0.25) is 0 Å². The summed E-state index contributed by atoms with van der Waals surface area (Å²) in [6.07, 6.45) is -5.90. The Morgan fingerprint density at radius 3 is 1.77 bits per heavy atom. The standard InChI is InChI=1S/C5H6O6.K.Sb/c6-2(1-3(7)8)4(9)5(10)11;;/h2,4H,1H2,(H,7,8)(H,10,11);;/q-2;+1;+3/p-2. The Hall–Kier alpha value is 1.31. The van der Waals surface area contributed by atoms with E-state index in [2.05, 4.69) is 0 Å². The fourth-order valence-corrected chi connectivity index (χ4v) is 0.423. The molecule has 0 rings (SSSR count). The van der Waals surface area contributed by atoms with E-state index in [-0.39, 0.29) is 75.8 Å². The third kappa shape index (κ3) is 9.61. The van der Waals surface area contributed by atoms with E-state index in [1.165, 1.54) is 0 Å². The number of hydrogen-bond acceptors (Lipinski definition) is 6. The molecule has 0 aliphatic rings. The van der Waals surface area contributed by atoms with Gasteiger partial charge in [-0.2, -0.15) is 0 Å². The first-order valence-electron chi connectivity index (χ1n) is 2.67. The van der Waals surface area contributed by atoms with Crippen molar-refractivity contribution in [1.29, 1.82) is 0 Å². The molecule has 0 heterocycles. The van der Waals surface area contributed by atoms with Crippen LogP contribution >= 0.6 is 0 Å². The van der Waals surface area contributed by atoms with Crippen molar-refractivity contribution in [2.75, 3.05) is 0 Å². The summed E-state index contributed by atoms with van der Waals surface area (Å²) in [5.74, 6) is -3.83. The molecule has 0 fully saturated rings. The number of carbonyl (C=O) groups excluding carboxylic acids is 2. The summed E-state index contributed by atoms with van der Waals surface area (Å²) in [5.41, 5.74) is 0. The molecule has 2 radical (unpaired) electrons. The topological polar surface area (TPSA) is 126 Å². The maximum Gasteiger partial charge on any atom is 3.00 e. The molecule has 2 atom stereocenters. The van der Waals surface area contributed by atoms with Crippen molar-refractivity contribution >= 4 is 36.4 Å². The van der Waals surface area contributed by atoms with Gasteiger partial charge in [0.25, 0.3) is 0 Å². The zero-order valence-electron chi connectivity index (χ0n) is 6.76. The first-order valence-corrected chi connectivity index (χ1v) is 2.67. The molecule has 0 saturated carbocycles. The Kier molecular flexibility index (Phi) is 15.0. The van der Waals surface area contributed by atoms with E-state index in [0.29, 0.717) is 0 Å². The second kappa shape index (κ2) is 9.85. The van der Waals surface area contributed by atoms with Gasteiger partial charge in [0.2, 0.25) is 0 Å². The van der Waals surface area contributed by atoms with E-state index in [4.69, 9.17) is 0 Å². The SMILES string of the molecule is O=C([O-])CC([O-])C([O-])C(=O)[O-].[K+].[Sb+3]. The van der Waals surface area contributed by atoms with Crippen LogP contribution in [-0.2, 0) is 9.59 Å². The second-order valence-corrected chi connectivity index (χ2v) is 1.85. The smallest absolute Gasteiger partial charge is 0.852 e. The van der Waals surface area contributed by atoms with Crippen LogP contribution in [-0.4, -0.2) is 48.6 Å². The molecular formula is C5H4KO6Sb. The van der Waals surface area contributed by atoms with E-state index < -0.39 is 30.6 Å². The Morgan fingerprint density at radius 1 is 1.15 bits per heavy atom. The summed E-state index contributed by atoms with van der Waals surface area (Å²) in [5, 5.41) is 39.9. The van der Waals surface area contributed by atoms with Crippen molar-refractivity contribution in [3.63, 3.8) is 0 Å². The molecule has 0 saturated heterocycles. The van der Waals surface area contributed by atoms with Gasteiger partial charge in [0.05, 0.1) is 0 Å². The van der Waals surface area contributed by atoms with Crippen molar-refractivity contribution in [3.8, 4) is 0 Å². The maximum absolute atomic E-state index is 10.3. The van der Waals surface area contributed by atoms with Crippen molar-refractivity contribution < 1.29 is 81.4 Å². The molecule has 13 heavy (non-hydrogen) atoms. The molecule has 0 bridgehead atoms. The third-order valence-corrected chi connectivity index (χ3v) is 0.938. The van der Waals surface area contributed by atoms with Gasteiger partial charge in [-0.15, -0.1) is 6.10 Å².